The monoisotopic (exact) mass is 659 g/mol. The van der Waals surface area contributed by atoms with Gasteiger partial charge in [-0.3, -0.25) is 4.98 Å². The highest BCUT2D eigenvalue weighted by atomic mass is 19.4. The maximum absolute atomic E-state index is 14.2. The Morgan fingerprint density at radius 1 is 0.935 bits per heavy atom. The van der Waals surface area contributed by atoms with Gasteiger partial charge in [0.05, 0.1) is 11.0 Å². The molecule has 1 saturated heterocycles. The van der Waals surface area contributed by atoms with E-state index in [9.17, 15) is 44.3 Å². The molecule has 1 atom stereocenters. The largest absolute Gasteiger partial charge is 0.573 e. The van der Waals surface area contributed by atoms with Crippen LogP contribution in [0.5, 0.6) is 5.75 Å². The molecule has 46 heavy (non-hydrogen) atoms. The summed E-state index contributed by atoms with van der Waals surface area (Å²) in [5.41, 5.74) is -1.32. The fraction of sp³-hybridized carbons (Fsp3) is 0.355. The summed E-state index contributed by atoms with van der Waals surface area (Å²) in [6, 6.07) is 9.62. The number of amides is 2. The maximum Gasteiger partial charge on any atom is 0.573 e. The maximum atomic E-state index is 14.2. The van der Waals surface area contributed by atoms with E-state index in [0.717, 1.165) is 30.5 Å². The summed E-state index contributed by atoms with van der Waals surface area (Å²) in [5, 5.41) is 5.91. The molecule has 1 fully saturated rings. The second kappa shape index (κ2) is 12.2. The SMILES string of the molecule is O=C(NCc1ccnc(C(F)(F)F)c1)[N+]1(C/C=C/c2ccc(C(F)(F)F)cc2)CC2(CCNCC2)c2cc(OC(F)(F)F)ccc21. The van der Waals surface area contributed by atoms with Crippen molar-refractivity contribution in [2.45, 2.75) is 43.5 Å². The van der Waals surface area contributed by atoms with Crippen molar-refractivity contribution in [3.63, 3.8) is 0 Å². The van der Waals surface area contributed by atoms with Gasteiger partial charge >= 0.3 is 24.7 Å². The van der Waals surface area contributed by atoms with E-state index in [2.05, 4.69) is 20.4 Å². The average molecular weight is 660 g/mol. The van der Waals surface area contributed by atoms with Gasteiger partial charge in [0.2, 0.25) is 0 Å². The molecule has 246 valence electrons. The van der Waals surface area contributed by atoms with Gasteiger partial charge in [-0.25, -0.2) is 9.28 Å². The minimum Gasteiger partial charge on any atom is -0.406 e. The molecule has 2 aromatic carbocycles. The Bertz CT molecular complexity index is 1600. The minimum atomic E-state index is -4.96. The van der Waals surface area contributed by atoms with Gasteiger partial charge in [0, 0.05) is 24.4 Å². The van der Waals surface area contributed by atoms with Crippen LogP contribution in [0.4, 0.5) is 50.0 Å². The topological polar surface area (TPSA) is 63.2 Å². The smallest absolute Gasteiger partial charge is 0.406 e. The van der Waals surface area contributed by atoms with E-state index >= 15 is 0 Å². The number of fused-ring (bicyclic) bond motifs is 2. The molecule has 0 bridgehead atoms. The molecule has 3 heterocycles. The first-order chi connectivity index (χ1) is 21.5. The first kappa shape index (κ1) is 33.3. The van der Waals surface area contributed by atoms with Crippen molar-refractivity contribution in [2.24, 2.45) is 0 Å². The van der Waals surface area contributed by atoms with Gasteiger partial charge in [-0.05, 0) is 79.5 Å². The molecule has 6 nitrogen and oxygen atoms in total. The number of carbonyl (C=O) groups excluding carboxylic acids is 1. The van der Waals surface area contributed by atoms with Crippen molar-refractivity contribution < 1.29 is 49.0 Å². The van der Waals surface area contributed by atoms with Crippen LogP contribution in [0.25, 0.3) is 6.08 Å². The number of benzene rings is 2. The number of halogens is 9. The minimum absolute atomic E-state index is 0.0569. The number of ether oxygens (including phenoxy) is 1. The highest BCUT2D eigenvalue weighted by Crippen LogP contribution is 2.51. The summed E-state index contributed by atoms with van der Waals surface area (Å²) in [5.74, 6) is -0.457. The predicted octanol–water partition coefficient (Wildman–Crippen LogP) is 7.58. The van der Waals surface area contributed by atoms with Gasteiger partial charge in [0.25, 0.3) is 0 Å². The van der Waals surface area contributed by atoms with E-state index in [1.165, 1.54) is 36.4 Å². The lowest BCUT2D eigenvalue weighted by Crippen LogP contribution is -2.60. The lowest BCUT2D eigenvalue weighted by atomic mass is 9.74. The highest BCUT2D eigenvalue weighted by molar-refractivity contribution is 5.91. The van der Waals surface area contributed by atoms with Crippen LogP contribution in [-0.4, -0.2) is 43.6 Å². The van der Waals surface area contributed by atoms with Gasteiger partial charge in [-0.15, -0.1) is 13.2 Å². The third-order valence-corrected chi connectivity index (χ3v) is 8.28. The first-order valence-electron chi connectivity index (χ1n) is 14.1. The van der Waals surface area contributed by atoms with E-state index in [4.69, 9.17) is 0 Å². The molecule has 2 aliphatic rings. The number of nitrogens with zero attached hydrogens (tertiary/aromatic N) is 2. The number of piperidine rings is 1. The number of nitrogens with one attached hydrogen (secondary N) is 2. The van der Waals surface area contributed by atoms with Crippen LogP contribution in [0.1, 0.15) is 40.8 Å². The number of carbonyl (C=O) groups is 1. The summed E-state index contributed by atoms with van der Waals surface area (Å²) >= 11 is 0. The Labute approximate surface area is 257 Å². The number of rotatable bonds is 6. The second-order valence-corrected chi connectivity index (χ2v) is 11.3. The zero-order valence-electron chi connectivity index (χ0n) is 24.0. The van der Waals surface area contributed by atoms with Crippen molar-refractivity contribution in [1.82, 2.24) is 20.1 Å². The molecular formula is C31H28F9N4O2+. The van der Waals surface area contributed by atoms with Gasteiger partial charge in [0.15, 0.2) is 0 Å². The van der Waals surface area contributed by atoms with E-state index in [0.29, 0.717) is 42.7 Å². The van der Waals surface area contributed by atoms with Crippen molar-refractivity contribution in [2.75, 3.05) is 26.2 Å². The standard InChI is InChI=1S/C31H27F9N4O2/c32-29(33,34)22-5-3-20(4-6-22)2-1-15-44(27(45)43-18-21-9-12-42-26(16-21)30(35,36)37)19-28(10-13-41-14-11-28)24-17-23(7-8-25(24)44)46-31(38,39)40/h1-9,12,16-17,41H,10-11,13-15,18-19H2/p+1/b2-1+. The molecule has 2 N–H and O–H groups in total. The Morgan fingerprint density at radius 2 is 1.63 bits per heavy atom. The molecule has 15 heteroatoms. The normalized spacial score (nSPS) is 19.8. The van der Waals surface area contributed by atoms with E-state index < -0.39 is 51.7 Å². The molecule has 1 aromatic heterocycles. The van der Waals surface area contributed by atoms with Crippen LogP contribution in [0.15, 0.2) is 66.9 Å². The van der Waals surface area contributed by atoms with Crippen LogP contribution < -0.4 is 19.9 Å². The number of hydrogen-bond acceptors (Lipinski definition) is 4. The second-order valence-electron chi connectivity index (χ2n) is 11.3. The Balaban J connectivity index is 1.52. The van der Waals surface area contributed by atoms with Crippen molar-refractivity contribution >= 4 is 17.8 Å². The summed E-state index contributed by atoms with van der Waals surface area (Å²) in [6.45, 7) is 0.797. The molecule has 2 aliphatic heterocycles. The number of urea groups is 1. The van der Waals surface area contributed by atoms with Gasteiger partial charge in [-0.1, -0.05) is 18.2 Å². The third-order valence-electron chi connectivity index (χ3n) is 8.28. The lowest BCUT2D eigenvalue weighted by Gasteiger charge is -2.36. The predicted molar refractivity (Wildman–Crippen MR) is 150 cm³/mol. The Hall–Kier alpha value is -4.11. The highest BCUT2D eigenvalue weighted by Gasteiger charge is 2.57. The molecule has 0 radical (unpaired) electrons. The van der Waals surface area contributed by atoms with E-state index in [1.54, 1.807) is 6.08 Å². The summed E-state index contributed by atoms with van der Waals surface area (Å²) in [6.07, 6.45) is -9.15. The van der Waals surface area contributed by atoms with Crippen LogP contribution in [-0.2, 0) is 24.3 Å². The summed E-state index contributed by atoms with van der Waals surface area (Å²) in [4.78, 5) is 17.5. The van der Waals surface area contributed by atoms with Crippen molar-refractivity contribution in [1.29, 1.82) is 0 Å². The molecule has 0 saturated carbocycles. The molecule has 1 unspecified atom stereocenters. The average Bonchev–Trinajstić information content (AvgIpc) is 3.24. The number of pyridine rings is 1. The zero-order chi connectivity index (χ0) is 33.4. The molecule has 1 spiro atoms. The first-order valence-corrected chi connectivity index (χ1v) is 14.1. The molecule has 0 aliphatic carbocycles. The molecule has 2 amide bonds. The summed E-state index contributed by atoms with van der Waals surface area (Å²) < 4.78 is 122. The zero-order valence-corrected chi connectivity index (χ0v) is 24.0. The van der Waals surface area contributed by atoms with E-state index in [1.807, 2.05) is 0 Å². The van der Waals surface area contributed by atoms with Crippen LogP contribution in [0.3, 0.4) is 0 Å². The van der Waals surface area contributed by atoms with Crippen LogP contribution in [0.2, 0.25) is 0 Å². The van der Waals surface area contributed by atoms with Gasteiger partial charge < -0.3 is 15.4 Å². The summed E-state index contributed by atoms with van der Waals surface area (Å²) in [7, 11) is 0. The third kappa shape index (κ3) is 7.15. The van der Waals surface area contributed by atoms with Crippen molar-refractivity contribution in [3.8, 4) is 5.75 Å². The van der Waals surface area contributed by atoms with Crippen molar-refractivity contribution in [3.05, 3.63) is 94.8 Å². The lowest BCUT2D eigenvalue weighted by molar-refractivity contribution is -0.274. The van der Waals surface area contributed by atoms with Crippen LogP contribution >= 0.6 is 0 Å². The Kier molecular flexibility index (Phi) is 8.85. The quantitative estimate of drug-likeness (QED) is 0.212. The van der Waals surface area contributed by atoms with E-state index in [-0.39, 0.29) is 25.2 Å². The fourth-order valence-corrected chi connectivity index (χ4v) is 6.18. The van der Waals surface area contributed by atoms with Gasteiger partial charge in [-0.2, -0.15) is 26.3 Å². The Morgan fingerprint density at radius 3 is 2.26 bits per heavy atom. The number of hydrogen-bond donors (Lipinski definition) is 2. The van der Waals surface area contributed by atoms with Crippen LogP contribution in [0, 0.1) is 0 Å². The number of alkyl halides is 9. The molecule has 3 aromatic rings. The van der Waals surface area contributed by atoms with Gasteiger partial charge in [0.1, 0.15) is 30.2 Å². The molecular weight excluding hydrogens is 631 g/mol. The molecule has 5 rings (SSSR count). The number of quaternary nitrogens is 1. The fourth-order valence-electron chi connectivity index (χ4n) is 6.18. The number of aromatic nitrogens is 1.